The molecule has 3 rings (SSSR count). The SMILES string of the molecule is COc1cccc([C@H](CNC(=O)[C@@H](NC(=O)c2ccccc2Cl)C(C)C)N2CCCC2)c1. The maximum absolute atomic E-state index is 13.1. The molecule has 2 aromatic carbocycles. The fourth-order valence-electron chi connectivity index (χ4n) is 4.07. The summed E-state index contributed by atoms with van der Waals surface area (Å²) in [5, 5.41) is 6.30. The largest absolute Gasteiger partial charge is 0.497 e. The Kier molecular flexibility index (Phi) is 8.53. The molecule has 1 heterocycles. The average Bonchev–Trinajstić information content (AvgIpc) is 3.32. The zero-order valence-electron chi connectivity index (χ0n) is 18.9. The summed E-state index contributed by atoms with van der Waals surface area (Å²) in [5.41, 5.74) is 1.46. The Labute approximate surface area is 195 Å². The topological polar surface area (TPSA) is 70.7 Å². The summed E-state index contributed by atoms with van der Waals surface area (Å²) in [5.74, 6) is 0.161. The molecule has 2 amide bonds. The second-order valence-electron chi connectivity index (χ2n) is 8.46. The Bertz CT molecular complexity index is 928. The highest BCUT2D eigenvalue weighted by Crippen LogP contribution is 2.27. The number of nitrogens with zero attached hydrogens (tertiary/aromatic N) is 1. The molecule has 0 bridgehead atoms. The third-order valence-corrected chi connectivity index (χ3v) is 6.21. The van der Waals surface area contributed by atoms with Crippen LogP contribution in [0.4, 0.5) is 0 Å². The minimum Gasteiger partial charge on any atom is -0.497 e. The minimum atomic E-state index is -0.664. The number of amides is 2. The van der Waals surface area contributed by atoms with Crippen molar-refractivity contribution >= 4 is 23.4 Å². The molecule has 0 spiro atoms. The lowest BCUT2D eigenvalue weighted by Gasteiger charge is -2.30. The molecule has 1 aliphatic heterocycles. The van der Waals surface area contributed by atoms with Gasteiger partial charge in [-0.2, -0.15) is 0 Å². The van der Waals surface area contributed by atoms with Crippen LogP contribution in [0, 0.1) is 5.92 Å². The van der Waals surface area contributed by atoms with E-state index in [1.165, 1.54) is 0 Å². The van der Waals surface area contributed by atoms with Crippen LogP contribution in [-0.4, -0.2) is 49.5 Å². The Morgan fingerprint density at radius 2 is 1.81 bits per heavy atom. The van der Waals surface area contributed by atoms with E-state index in [-0.39, 0.29) is 23.8 Å². The first-order chi connectivity index (χ1) is 15.4. The molecule has 172 valence electrons. The molecular weight excluding hydrogens is 426 g/mol. The number of hydrogen-bond acceptors (Lipinski definition) is 4. The Morgan fingerprint density at radius 1 is 1.09 bits per heavy atom. The molecule has 0 unspecified atom stereocenters. The number of nitrogens with one attached hydrogen (secondary N) is 2. The van der Waals surface area contributed by atoms with E-state index in [0.29, 0.717) is 17.1 Å². The highest BCUT2D eigenvalue weighted by molar-refractivity contribution is 6.33. The molecule has 0 saturated carbocycles. The van der Waals surface area contributed by atoms with Crippen LogP contribution in [0.15, 0.2) is 48.5 Å². The van der Waals surface area contributed by atoms with Crippen molar-refractivity contribution in [3.05, 3.63) is 64.7 Å². The summed E-state index contributed by atoms with van der Waals surface area (Å²) < 4.78 is 5.39. The fraction of sp³-hybridized carbons (Fsp3) is 0.440. The maximum atomic E-state index is 13.1. The number of carbonyl (C=O) groups excluding carboxylic acids is 2. The molecule has 6 nitrogen and oxygen atoms in total. The van der Waals surface area contributed by atoms with Gasteiger partial charge in [0.05, 0.1) is 23.7 Å². The van der Waals surface area contributed by atoms with Gasteiger partial charge < -0.3 is 15.4 Å². The Morgan fingerprint density at radius 3 is 2.47 bits per heavy atom. The van der Waals surface area contributed by atoms with Crippen LogP contribution in [0.5, 0.6) is 5.75 Å². The number of likely N-dealkylation sites (tertiary alicyclic amines) is 1. The number of rotatable bonds is 9. The van der Waals surface area contributed by atoms with Crippen LogP contribution in [0.1, 0.15) is 48.7 Å². The number of methoxy groups -OCH3 is 1. The molecule has 1 aliphatic rings. The summed E-state index contributed by atoms with van der Waals surface area (Å²) in [6.45, 7) is 6.27. The van der Waals surface area contributed by atoms with Crippen LogP contribution >= 0.6 is 11.6 Å². The third kappa shape index (κ3) is 6.02. The zero-order valence-corrected chi connectivity index (χ0v) is 19.7. The number of ether oxygens (including phenoxy) is 1. The van der Waals surface area contributed by atoms with Gasteiger partial charge in [0.15, 0.2) is 0 Å². The fourth-order valence-corrected chi connectivity index (χ4v) is 4.29. The highest BCUT2D eigenvalue weighted by atomic mass is 35.5. The van der Waals surface area contributed by atoms with Crippen LogP contribution in [0.25, 0.3) is 0 Å². The van der Waals surface area contributed by atoms with Gasteiger partial charge in [0.2, 0.25) is 5.91 Å². The highest BCUT2D eigenvalue weighted by Gasteiger charge is 2.28. The number of hydrogen-bond donors (Lipinski definition) is 2. The van der Waals surface area contributed by atoms with Crippen molar-refractivity contribution in [1.29, 1.82) is 0 Å². The summed E-state index contributed by atoms with van der Waals surface area (Å²) in [6.07, 6.45) is 2.30. The van der Waals surface area contributed by atoms with Crippen LogP contribution in [0.2, 0.25) is 5.02 Å². The van der Waals surface area contributed by atoms with Crippen molar-refractivity contribution in [2.24, 2.45) is 5.92 Å². The van der Waals surface area contributed by atoms with E-state index in [1.54, 1.807) is 31.4 Å². The number of halogens is 1. The molecule has 7 heteroatoms. The maximum Gasteiger partial charge on any atom is 0.253 e. The minimum absolute atomic E-state index is 0.0450. The van der Waals surface area contributed by atoms with E-state index in [4.69, 9.17) is 16.3 Å². The number of benzene rings is 2. The Hall–Kier alpha value is -2.57. The van der Waals surface area contributed by atoms with Crippen molar-refractivity contribution in [3.63, 3.8) is 0 Å². The first-order valence-corrected chi connectivity index (χ1v) is 11.5. The van der Waals surface area contributed by atoms with Crippen LogP contribution in [-0.2, 0) is 4.79 Å². The summed E-state index contributed by atoms with van der Waals surface area (Å²) in [6, 6.07) is 14.2. The van der Waals surface area contributed by atoms with E-state index < -0.39 is 6.04 Å². The van der Waals surface area contributed by atoms with Crippen molar-refractivity contribution in [3.8, 4) is 5.75 Å². The molecule has 2 aromatic rings. The van der Waals surface area contributed by atoms with Gasteiger partial charge in [0.25, 0.3) is 5.91 Å². The van der Waals surface area contributed by atoms with Crippen LogP contribution < -0.4 is 15.4 Å². The lowest BCUT2D eigenvalue weighted by atomic mass is 10.0. The monoisotopic (exact) mass is 457 g/mol. The van der Waals surface area contributed by atoms with Crippen molar-refractivity contribution < 1.29 is 14.3 Å². The van der Waals surface area contributed by atoms with Gasteiger partial charge in [-0.1, -0.05) is 49.7 Å². The molecule has 0 aromatic heterocycles. The molecule has 32 heavy (non-hydrogen) atoms. The van der Waals surface area contributed by atoms with E-state index in [2.05, 4.69) is 21.6 Å². The third-order valence-electron chi connectivity index (χ3n) is 5.88. The summed E-state index contributed by atoms with van der Waals surface area (Å²) in [4.78, 5) is 28.2. The quantitative estimate of drug-likeness (QED) is 0.595. The second kappa shape index (κ2) is 11.3. The Balaban J connectivity index is 1.71. The molecule has 2 atom stereocenters. The molecule has 0 radical (unpaired) electrons. The van der Waals surface area contributed by atoms with Crippen molar-refractivity contribution in [1.82, 2.24) is 15.5 Å². The van der Waals surface area contributed by atoms with Crippen molar-refractivity contribution in [2.75, 3.05) is 26.7 Å². The molecule has 2 N–H and O–H groups in total. The van der Waals surface area contributed by atoms with E-state index in [0.717, 1.165) is 37.2 Å². The van der Waals surface area contributed by atoms with Gasteiger partial charge in [0.1, 0.15) is 11.8 Å². The van der Waals surface area contributed by atoms with Gasteiger partial charge in [-0.05, 0) is 61.7 Å². The predicted octanol–water partition coefficient (Wildman–Crippen LogP) is 4.06. The average molecular weight is 458 g/mol. The molecule has 0 aliphatic carbocycles. The van der Waals surface area contributed by atoms with Crippen molar-refractivity contribution in [2.45, 2.75) is 38.8 Å². The molecular formula is C25H32ClN3O3. The normalized spacial score (nSPS) is 15.9. The van der Waals surface area contributed by atoms with E-state index in [9.17, 15) is 9.59 Å². The lowest BCUT2D eigenvalue weighted by Crippen LogP contribution is -2.51. The van der Waals surface area contributed by atoms with E-state index >= 15 is 0 Å². The van der Waals surface area contributed by atoms with Gasteiger partial charge in [0, 0.05) is 6.54 Å². The first kappa shape index (κ1) is 24.1. The standard InChI is InChI=1S/C25H32ClN3O3/c1-17(2)23(28-24(30)20-11-4-5-12-21(20)26)25(31)27-16-22(29-13-6-7-14-29)18-9-8-10-19(15-18)32-3/h4-5,8-12,15,17,22-23H,6-7,13-14,16H2,1-3H3,(H,27,31)(H,28,30)/t22-,23-/m0/s1. The summed E-state index contributed by atoms with van der Waals surface area (Å²) in [7, 11) is 1.65. The first-order valence-electron chi connectivity index (χ1n) is 11.1. The predicted molar refractivity (Wildman–Crippen MR) is 127 cm³/mol. The van der Waals surface area contributed by atoms with Gasteiger partial charge in [-0.3, -0.25) is 14.5 Å². The second-order valence-corrected chi connectivity index (χ2v) is 8.86. The lowest BCUT2D eigenvalue weighted by molar-refractivity contribution is -0.124. The smallest absolute Gasteiger partial charge is 0.253 e. The molecule has 1 fully saturated rings. The van der Waals surface area contributed by atoms with Gasteiger partial charge in [-0.25, -0.2) is 0 Å². The van der Waals surface area contributed by atoms with Crippen LogP contribution in [0.3, 0.4) is 0 Å². The van der Waals surface area contributed by atoms with Gasteiger partial charge in [-0.15, -0.1) is 0 Å². The zero-order chi connectivity index (χ0) is 23.1. The summed E-state index contributed by atoms with van der Waals surface area (Å²) >= 11 is 6.15. The molecule has 1 saturated heterocycles. The van der Waals surface area contributed by atoms with Gasteiger partial charge >= 0.3 is 0 Å². The van der Waals surface area contributed by atoms with E-state index in [1.807, 2.05) is 32.0 Å². The number of carbonyl (C=O) groups is 2.